The normalized spacial score (nSPS) is 3.60. The Hall–Kier alpha value is 0.900. The van der Waals surface area contributed by atoms with Crippen molar-refractivity contribution in [1.29, 1.82) is 0 Å². The second kappa shape index (κ2) is 46.1. The fourth-order valence-corrected chi connectivity index (χ4v) is 0.202. The van der Waals surface area contributed by atoms with Gasteiger partial charge in [-0.05, 0) is 0 Å². The first-order valence-electron chi connectivity index (χ1n) is 1.82. The zero-order valence-electron chi connectivity index (χ0n) is 7.22. The molecule has 0 aromatic carbocycles. The average molecular weight is 258 g/mol. The molecule has 0 aliphatic heterocycles. The van der Waals surface area contributed by atoms with E-state index in [-0.39, 0.29) is 92.0 Å². The van der Waals surface area contributed by atoms with E-state index in [2.05, 4.69) is 4.74 Å². The van der Waals surface area contributed by atoms with Crippen LogP contribution in [0.5, 0.6) is 0 Å². The molecule has 0 saturated carbocycles. The molecule has 9 nitrogen and oxygen atoms in total. The first-order valence-corrected chi connectivity index (χ1v) is 1.82. The molecule has 15 heavy (non-hydrogen) atoms. The molecule has 0 amide bonds. The monoisotopic (exact) mass is 258 g/mol. The van der Waals surface area contributed by atoms with Crippen LogP contribution >= 0.6 is 0 Å². The van der Waals surface area contributed by atoms with E-state index < -0.39 is 11.9 Å². The van der Waals surface area contributed by atoms with Gasteiger partial charge in [0, 0.05) is 13.8 Å². The molecule has 12 N–H and O–H groups in total. The molecule has 92 valence electrons. The molecule has 0 aromatic rings. The molecule has 0 radical (unpaired) electrons. The predicted octanol–water partition coefficient (Wildman–Crippen LogP) is -6.15. The fraction of sp³-hybridized carbons (Fsp3) is 0.500. The number of carbonyl (C=O) groups excluding carboxylic acids is 2. The SMILES string of the molecule is CC(=O)OC(C)=O.O.O.O.O.O.O.[NaH].[NaH]. The van der Waals surface area contributed by atoms with E-state index in [9.17, 15) is 9.59 Å². The molecule has 0 heterocycles. The number of carbonyl (C=O) groups is 2. The molecule has 0 unspecified atom stereocenters. The molecule has 0 aliphatic carbocycles. The van der Waals surface area contributed by atoms with Gasteiger partial charge in [-0.25, -0.2) is 0 Å². The van der Waals surface area contributed by atoms with Crippen LogP contribution in [0.2, 0.25) is 0 Å². The van der Waals surface area contributed by atoms with E-state index in [0.29, 0.717) is 0 Å². The summed E-state index contributed by atoms with van der Waals surface area (Å²) >= 11 is 0. The van der Waals surface area contributed by atoms with Crippen LogP contribution in [0.3, 0.4) is 0 Å². The minimum absolute atomic E-state index is 0. The van der Waals surface area contributed by atoms with Gasteiger partial charge in [0.25, 0.3) is 0 Å². The Labute approximate surface area is 131 Å². The van der Waals surface area contributed by atoms with Gasteiger partial charge in [-0.2, -0.15) is 0 Å². The first-order chi connectivity index (χ1) is 3.13. The molecule has 0 atom stereocenters. The van der Waals surface area contributed by atoms with Crippen molar-refractivity contribution in [2.24, 2.45) is 0 Å². The van der Waals surface area contributed by atoms with E-state index >= 15 is 0 Å². The Morgan fingerprint density at radius 3 is 0.800 bits per heavy atom. The second-order valence-electron chi connectivity index (χ2n) is 1.09. The third-order valence-electron chi connectivity index (χ3n) is 0.287. The molecule has 0 bridgehead atoms. The first kappa shape index (κ1) is 74.1. The van der Waals surface area contributed by atoms with Gasteiger partial charge in [0.15, 0.2) is 0 Å². The summed E-state index contributed by atoms with van der Waals surface area (Å²) in [4.78, 5) is 19.6. The molecule has 0 aromatic heterocycles. The van der Waals surface area contributed by atoms with Crippen molar-refractivity contribution < 1.29 is 47.2 Å². The van der Waals surface area contributed by atoms with Crippen LogP contribution in [0, 0.1) is 0 Å². The van der Waals surface area contributed by atoms with Gasteiger partial charge in [-0.15, -0.1) is 0 Å². The van der Waals surface area contributed by atoms with Crippen molar-refractivity contribution in [3.63, 3.8) is 0 Å². The Balaban J connectivity index is -0.00000000643. The summed E-state index contributed by atoms with van der Waals surface area (Å²) in [5.74, 6) is -1.12. The van der Waals surface area contributed by atoms with E-state index in [1.807, 2.05) is 0 Å². The summed E-state index contributed by atoms with van der Waals surface area (Å²) in [6.07, 6.45) is 0. The molecule has 0 spiro atoms. The fourth-order valence-electron chi connectivity index (χ4n) is 0.202. The molecule has 0 rings (SSSR count). The maximum absolute atomic E-state index is 9.81. The van der Waals surface area contributed by atoms with Crippen LogP contribution in [-0.2, 0) is 14.3 Å². The number of hydrogen-bond donors (Lipinski definition) is 0. The van der Waals surface area contributed by atoms with Crippen molar-refractivity contribution in [3.05, 3.63) is 0 Å². The summed E-state index contributed by atoms with van der Waals surface area (Å²) in [5.41, 5.74) is 0. The summed E-state index contributed by atoms with van der Waals surface area (Å²) in [5, 5.41) is 0. The molecule has 0 fully saturated rings. The second-order valence-corrected chi connectivity index (χ2v) is 1.09. The summed E-state index contributed by atoms with van der Waals surface area (Å²) < 4.78 is 3.97. The van der Waals surface area contributed by atoms with E-state index in [1.165, 1.54) is 13.8 Å². The van der Waals surface area contributed by atoms with Crippen LogP contribution in [0.4, 0.5) is 0 Å². The topological polar surface area (TPSA) is 232 Å². The minimum atomic E-state index is -0.562. The van der Waals surface area contributed by atoms with E-state index in [1.54, 1.807) is 0 Å². The molecular formula is C4H20Na2O9. The summed E-state index contributed by atoms with van der Waals surface area (Å²) in [6.45, 7) is 2.36. The van der Waals surface area contributed by atoms with Crippen molar-refractivity contribution in [3.8, 4) is 0 Å². The molecule has 0 aliphatic rings. The van der Waals surface area contributed by atoms with Crippen molar-refractivity contribution >= 4 is 71.1 Å². The number of ether oxygens (including phenoxy) is 1. The number of esters is 2. The average Bonchev–Trinajstić information content (AvgIpc) is 1.27. The number of rotatable bonds is 0. The van der Waals surface area contributed by atoms with Crippen LogP contribution < -0.4 is 0 Å². The predicted molar refractivity (Wildman–Crippen MR) is 58.4 cm³/mol. The van der Waals surface area contributed by atoms with Gasteiger partial charge in [0.1, 0.15) is 0 Å². The van der Waals surface area contributed by atoms with E-state index in [0.717, 1.165) is 0 Å². The van der Waals surface area contributed by atoms with Gasteiger partial charge >= 0.3 is 71.1 Å². The quantitative estimate of drug-likeness (QED) is 0.234. The Kier molecular flexibility index (Phi) is 228. The third-order valence-corrected chi connectivity index (χ3v) is 0.287. The zero-order valence-corrected chi connectivity index (χ0v) is 7.22. The van der Waals surface area contributed by atoms with Crippen molar-refractivity contribution in [2.45, 2.75) is 13.8 Å². The van der Waals surface area contributed by atoms with Crippen molar-refractivity contribution in [2.75, 3.05) is 0 Å². The number of hydrogen-bond acceptors (Lipinski definition) is 3. The summed E-state index contributed by atoms with van der Waals surface area (Å²) in [7, 11) is 0. The van der Waals surface area contributed by atoms with Gasteiger partial charge in [-0.3, -0.25) is 9.59 Å². The van der Waals surface area contributed by atoms with Crippen LogP contribution in [-0.4, -0.2) is 104 Å². The van der Waals surface area contributed by atoms with E-state index in [4.69, 9.17) is 0 Å². The van der Waals surface area contributed by atoms with Gasteiger partial charge < -0.3 is 37.6 Å². The standard InChI is InChI=1S/C4H6O3.2Na.6H2O.2H/c1-3(5)7-4(2)6;;;;;;;;;;/h1-2H3;;;6*1H2;;. The van der Waals surface area contributed by atoms with Gasteiger partial charge in [0.2, 0.25) is 0 Å². The molecule has 11 heteroatoms. The summed E-state index contributed by atoms with van der Waals surface area (Å²) in [6, 6.07) is 0. The third kappa shape index (κ3) is 103. The van der Waals surface area contributed by atoms with Crippen LogP contribution in [0.15, 0.2) is 0 Å². The Morgan fingerprint density at radius 1 is 0.667 bits per heavy atom. The zero-order chi connectivity index (χ0) is 5.86. The Morgan fingerprint density at radius 2 is 0.800 bits per heavy atom. The maximum atomic E-state index is 9.81. The molecular weight excluding hydrogens is 238 g/mol. The van der Waals surface area contributed by atoms with Crippen molar-refractivity contribution in [1.82, 2.24) is 0 Å². The van der Waals surface area contributed by atoms with Crippen LogP contribution in [0.25, 0.3) is 0 Å². The van der Waals surface area contributed by atoms with Gasteiger partial charge in [0.05, 0.1) is 0 Å². The van der Waals surface area contributed by atoms with Gasteiger partial charge in [-0.1, -0.05) is 0 Å². The Bertz CT molecular complexity index is 96.3. The van der Waals surface area contributed by atoms with Crippen LogP contribution in [0.1, 0.15) is 13.8 Å². The molecule has 0 saturated heterocycles.